The third-order valence-corrected chi connectivity index (χ3v) is 5.60. The SMILES string of the molecule is O=C(Cc1ccc(Br)c2ccccc12)N/N=C\c1cc(Br)cs1. The molecular weight excluding hydrogens is 440 g/mol. The van der Waals surface area contributed by atoms with Crippen LogP contribution in [-0.2, 0) is 11.2 Å². The Bertz CT molecular complexity index is 889. The van der Waals surface area contributed by atoms with E-state index in [9.17, 15) is 4.79 Å². The van der Waals surface area contributed by atoms with Crippen LogP contribution in [0, 0.1) is 0 Å². The van der Waals surface area contributed by atoms with Gasteiger partial charge in [-0.2, -0.15) is 5.10 Å². The fraction of sp³-hybridized carbons (Fsp3) is 0.0588. The van der Waals surface area contributed by atoms with Gasteiger partial charge in [-0.15, -0.1) is 11.3 Å². The zero-order valence-electron chi connectivity index (χ0n) is 11.9. The van der Waals surface area contributed by atoms with Gasteiger partial charge in [-0.3, -0.25) is 4.79 Å². The molecule has 3 nitrogen and oxygen atoms in total. The summed E-state index contributed by atoms with van der Waals surface area (Å²) in [5.41, 5.74) is 3.56. The molecule has 0 radical (unpaired) electrons. The zero-order chi connectivity index (χ0) is 16.2. The minimum atomic E-state index is -0.135. The predicted molar refractivity (Wildman–Crippen MR) is 103 cm³/mol. The molecule has 0 aliphatic rings. The maximum atomic E-state index is 12.1. The Morgan fingerprint density at radius 3 is 2.70 bits per heavy atom. The third kappa shape index (κ3) is 4.07. The maximum Gasteiger partial charge on any atom is 0.244 e. The van der Waals surface area contributed by atoms with E-state index in [2.05, 4.69) is 42.4 Å². The lowest BCUT2D eigenvalue weighted by atomic mass is 10.0. The number of fused-ring (bicyclic) bond motifs is 1. The van der Waals surface area contributed by atoms with Crippen molar-refractivity contribution in [2.75, 3.05) is 0 Å². The van der Waals surface area contributed by atoms with Crippen molar-refractivity contribution in [2.24, 2.45) is 5.10 Å². The number of rotatable bonds is 4. The van der Waals surface area contributed by atoms with Crippen molar-refractivity contribution in [3.63, 3.8) is 0 Å². The summed E-state index contributed by atoms with van der Waals surface area (Å²) in [4.78, 5) is 13.1. The van der Waals surface area contributed by atoms with Crippen molar-refractivity contribution >= 4 is 66.1 Å². The summed E-state index contributed by atoms with van der Waals surface area (Å²) in [6.07, 6.45) is 1.94. The van der Waals surface area contributed by atoms with Crippen LogP contribution in [-0.4, -0.2) is 12.1 Å². The molecule has 23 heavy (non-hydrogen) atoms. The van der Waals surface area contributed by atoms with Crippen molar-refractivity contribution in [3.05, 3.63) is 67.2 Å². The number of benzene rings is 2. The highest BCUT2D eigenvalue weighted by Gasteiger charge is 2.08. The highest BCUT2D eigenvalue weighted by Crippen LogP contribution is 2.27. The van der Waals surface area contributed by atoms with Gasteiger partial charge in [0.1, 0.15) is 0 Å². The predicted octanol–water partition coefficient (Wildman–Crippen LogP) is 5.12. The topological polar surface area (TPSA) is 41.5 Å². The Hall–Kier alpha value is -1.50. The first-order valence-electron chi connectivity index (χ1n) is 6.85. The van der Waals surface area contributed by atoms with Gasteiger partial charge >= 0.3 is 0 Å². The zero-order valence-corrected chi connectivity index (χ0v) is 15.9. The maximum absolute atomic E-state index is 12.1. The Morgan fingerprint density at radius 1 is 1.17 bits per heavy atom. The molecule has 0 atom stereocenters. The number of hydrogen-bond donors (Lipinski definition) is 1. The first-order chi connectivity index (χ1) is 11.1. The number of nitrogens with zero attached hydrogens (tertiary/aromatic N) is 1. The van der Waals surface area contributed by atoms with Crippen molar-refractivity contribution in [1.82, 2.24) is 5.43 Å². The quantitative estimate of drug-likeness (QED) is 0.434. The number of thiophene rings is 1. The number of hydrazone groups is 1. The standard InChI is InChI=1S/C17H12Br2N2OS/c18-12-8-13(23-10-12)9-20-21-17(22)7-11-5-6-16(19)15-4-2-1-3-14(11)15/h1-6,8-10H,7H2,(H,21,22)/b20-9-. The molecule has 0 aliphatic carbocycles. The van der Waals surface area contributed by atoms with Crippen molar-refractivity contribution in [2.45, 2.75) is 6.42 Å². The molecule has 3 aromatic rings. The van der Waals surface area contributed by atoms with E-state index in [1.165, 1.54) is 0 Å². The van der Waals surface area contributed by atoms with Crippen LogP contribution in [0.15, 0.2) is 61.9 Å². The summed E-state index contributed by atoms with van der Waals surface area (Å²) in [5.74, 6) is -0.135. The molecule has 116 valence electrons. The molecule has 3 rings (SSSR count). The lowest BCUT2D eigenvalue weighted by Gasteiger charge is -2.07. The average Bonchev–Trinajstić information content (AvgIpc) is 2.96. The second kappa shape index (κ2) is 7.38. The van der Waals surface area contributed by atoms with Crippen molar-refractivity contribution < 1.29 is 4.79 Å². The molecule has 0 bridgehead atoms. The smallest absolute Gasteiger partial charge is 0.244 e. The molecule has 1 N–H and O–H groups in total. The molecule has 0 unspecified atom stereocenters. The van der Waals surface area contributed by atoms with Gasteiger partial charge < -0.3 is 0 Å². The molecule has 0 saturated carbocycles. The van der Waals surface area contributed by atoms with Crippen LogP contribution in [0.5, 0.6) is 0 Å². The molecule has 1 amide bonds. The van der Waals surface area contributed by atoms with Crippen molar-refractivity contribution in [3.8, 4) is 0 Å². The van der Waals surface area contributed by atoms with Gasteiger partial charge in [-0.25, -0.2) is 5.43 Å². The van der Waals surface area contributed by atoms with E-state index in [1.807, 2.05) is 47.8 Å². The Balaban J connectivity index is 1.71. The molecular formula is C17H12Br2N2OS. The Kier molecular flexibility index (Phi) is 5.25. The van der Waals surface area contributed by atoms with E-state index in [0.29, 0.717) is 6.42 Å². The molecule has 6 heteroatoms. The molecule has 0 aliphatic heterocycles. The molecule has 0 saturated heterocycles. The van der Waals surface area contributed by atoms with Gasteiger partial charge in [0.05, 0.1) is 12.6 Å². The van der Waals surface area contributed by atoms with Crippen LogP contribution in [0.25, 0.3) is 10.8 Å². The Morgan fingerprint density at radius 2 is 1.96 bits per heavy atom. The fourth-order valence-electron chi connectivity index (χ4n) is 2.26. The second-order valence-corrected chi connectivity index (χ2v) is 7.60. The van der Waals surface area contributed by atoms with Gasteiger partial charge in [-0.05, 0) is 44.4 Å². The van der Waals surface area contributed by atoms with E-state index >= 15 is 0 Å². The summed E-state index contributed by atoms with van der Waals surface area (Å²) in [6, 6.07) is 13.9. The van der Waals surface area contributed by atoms with Crippen LogP contribution >= 0.6 is 43.2 Å². The minimum absolute atomic E-state index is 0.135. The largest absolute Gasteiger partial charge is 0.273 e. The van der Waals surface area contributed by atoms with Gasteiger partial charge in [0, 0.05) is 19.2 Å². The molecule has 1 heterocycles. The summed E-state index contributed by atoms with van der Waals surface area (Å²) in [5, 5.41) is 8.15. The number of nitrogens with one attached hydrogen (secondary N) is 1. The van der Waals surface area contributed by atoms with E-state index < -0.39 is 0 Å². The summed E-state index contributed by atoms with van der Waals surface area (Å²) >= 11 is 8.48. The third-order valence-electron chi connectivity index (χ3n) is 3.28. The monoisotopic (exact) mass is 450 g/mol. The molecule has 0 fully saturated rings. The van der Waals surface area contributed by atoms with E-state index in [1.54, 1.807) is 17.6 Å². The van der Waals surface area contributed by atoms with E-state index in [0.717, 1.165) is 30.2 Å². The molecule has 1 aromatic heterocycles. The Labute approximate surface area is 154 Å². The van der Waals surface area contributed by atoms with E-state index in [-0.39, 0.29) is 5.91 Å². The van der Waals surface area contributed by atoms with Gasteiger partial charge in [-0.1, -0.05) is 46.3 Å². The van der Waals surface area contributed by atoms with E-state index in [4.69, 9.17) is 0 Å². The van der Waals surface area contributed by atoms with Gasteiger partial charge in [0.25, 0.3) is 0 Å². The fourth-order valence-corrected chi connectivity index (χ4v) is 4.04. The number of carbonyl (C=O) groups excluding carboxylic acids is 1. The average molecular weight is 452 g/mol. The number of amides is 1. The van der Waals surface area contributed by atoms with Gasteiger partial charge in [0.15, 0.2) is 0 Å². The summed E-state index contributed by atoms with van der Waals surface area (Å²) in [6.45, 7) is 0. The molecule has 0 spiro atoms. The van der Waals surface area contributed by atoms with Crippen LogP contribution in [0.3, 0.4) is 0 Å². The van der Waals surface area contributed by atoms with Crippen LogP contribution < -0.4 is 5.43 Å². The van der Waals surface area contributed by atoms with Crippen LogP contribution in [0.2, 0.25) is 0 Å². The highest BCUT2D eigenvalue weighted by molar-refractivity contribution is 9.11. The second-order valence-electron chi connectivity index (χ2n) is 4.89. The number of carbonyl (C=O) groups is 1. The lowest BCUT2D eigenvalue weighted by molar-refractivity contribution is -0.120. The first-order valence-corrected chi connectivity index (χ1v) is 9.32. The van der Waals surface area contributed by atoms with Crippen molar-refractivity contribution in [1.29, 1.82) is 0 Å². The highest BCUT2D eigenvalue weighted by atomic mass is 79.9. The summed E-state index contributed by atoms with van der Waals surface area (Å²) in [7, 11) is 0. The van der Waals surface area contributed by atoms with Crippen LogP contribution in [0.4, 0.5) is 0 Å². The molecule has 2 aromatic carbocycles. The normalized spacial score (nSPS) is 11.2. The minimum Gasteiger partial charge on any atom is -0.273 e. The lowest BCUT2D eigenvalue weighted by Crippen LogP contribution is -2.19. The van der Waals surface area contributed by atoms with Crippen LogP contribution in [0.1, 0.15) is 10.4 Å². The summed E-state index contributed by atoms with van der Waals surface area (Å²) < 4.78 is 2.04. The first kappa shape index (κ1) is 16.4. The number of hydrogen-bond acceptors (Lipinski definition) is 3. The number of halogens is 2. The van der Waals surface area contributed by atoms with Gasteiger partial charge in [0.2, 0.25) is 5.91 Å².